The van der Waals surface area contributed by atoms with Crippen molar-refractivity contribution in [1.82, 2.24) is 9.78 Å². The maximum Gasteiger partial charge on any atom is 0.344 e. The molecule has 0 aliphatic carbocycles. The number of hydrogen-bond acceptors (Lipinski definition) is 4. The average Bonchev–Trinajstić information content (AvgIpc) is 3.28. The molecule has 39 heavy (non-hydrogen) atoms. The van der Waals surface area contributed by atoms with Crippen LogP contribution in [-0.4, -0.2) is 15.7 Å². The lowest BCUT2D eigenvalue weighted by molar-refractivity contribution is 0.0718. The number of benzene rings is 4. The van der Waals surface area contributed by atoms with Crippen molar-refractivity contribution in [1.29, 1.82) is 0 Å². The first kappa shape index (κ1) is 26.2. The van der Waals surface area contributed by atoms with E-state index in [0.717, 1.165) is 11.1 Å². The van der Waals surface area contributed by atoms with Gasteiger partial charge in [0, 0.05) is 0 Å². The van der Waals surface area contributed by atoms with Crippen molar-refractivity contribution in [3.8, 4) is 22.7 Å². The van der Waals surface area contributed by atoms with E-state index in [2.05, 4.69) is 5.10 Å². The molecule has 0 N–H and O–H groups in total. The normalized spacial score (nSPS) is 11.0. The second-order valence-electron chi connectivity index (χ2n) is 8.30. The second kappa shape index (κ2) is 10.7. The minimum absolute atomic E-state index is 0.101. The van der Waals surface area contributed by atoms with E-state index < -0.39 is 40.0 Å². The number of hydrogen-bond donors (Lipinski definition) is 0. The minimum atomic E-state index is -2.27. The summed E-state index contributed by atoms with van der Waals surface area (Å²) in [4.78, 5) is 11.9. The van der Waals surface area contributed by atoms with Crippen molar-refractivity contribution in [2.45, 2.75) is 16.7 Å². The van der Waals surface area contributed by atoms with Gasteiger partial charge in [-0.15, -0.1) is 0 Å². The van der Waals surface area contributed by atoms with Crippen LogP contribution in [0.25, 0.3) is 16.8 Å². The first-order valence-electron chi connectivity index (χ1n) is 11.5. The lowest BCUT2D eigenvalue weighted by Gasteiger charge is -2.12. The summed E-state index contributed by atoms with van der Waals surface area (Å²) >= 11 is 0.226. The Balaban J connectivity index is 1.55. The SMILES string of the molecule is Cc1nn(-c2ccccc2)c(OC(=O)c2ccc(-c3ccccc3)cc2)c1Sc1c(F)c(F)c(F)c(F)c1F. The predicted octanol–water partition coefficient (Wildman–Crippen LogP) is 7.91. The van der Waals surface area contributed by atoms with E-state index in [1.807, 2.05) is 30.3 Å². The smallest absolute Gasteiger partial charge is 0.344 e. The standard InChI is InChI=1S/C29H17F5N2O2S/c1-16-26(39-27-24(33)22(31)21(30)23(32)25(27)34)28(36(35-16)20-10-6-3-7-11-20)38-29(37)19-14-12-18(13-15-19)17-8-4-2-5-9-17/h2-15H,1H3. The summed E-state index contributed by atoms with van der Waals surface area (Å²) in [5.74, 6) is -11.5. The molecule has 4 aromatic carbocycles. The molecule has 0 saturated heterocycles. The van der Waals surface area contributed by atoms with Crippen LogP contribution in [0.4, 0.5) is 22.0 Å². The molecule has 5 rings (SSSR count). The van der Waals surface area contributed by atoms with Gasteiger partial charge < -0.3 is 4.74 Å². The summed E-state index contributed by atoms with van der Waals surface area (Å²) in [5.41, 5.74) is 2.54. The minimum Gasteiger partial charge on any atom is -0.402 e. The number of carbonyl (C=O) groups is 1. The summed E-state index contributed by atoms with van der Waals surface area (Å²) < 4.78 is 77.3. The zero-order chi connectivity index (χ0) is 27.7. The van der Waals surface area contributed by atoms with E-state index in [1.165, 1.54) is 11.6 Å². The van der Waals surface area contributed by atoms with Crippen LogP contribution in [0.15, 0.2) is 94.7 Å². The summed E-state index contributed by atoms with van der Waals surface area (Å²) in [7, 11) is 0. The van der Waals surface area contributed by atoms with Gasteiger partial charge in [-0.3, -0.25) is 0 Å². The maximum atomic E-state index is 14.5. The third kappa shape index (κ3) is 5.03. The molecule has 5 aromatic rings. The van der Waals surface area contributed by atoms with E-state index in [1.54, 1.807) is 54.6 Å². The molecule has 0 radical (unpaired) electrons. The number of ether oxygens (including phenoxy) is 1. The number of nitrogens with zero attached hydrogens (tertiary/aromatic N) is 2. The van der Waals surface area contributed by atoms with Crippen LogP contribution in [0.1, 0.15) is 16.1 Å². The van der Waals surface area contributed by atoms with E-state index in [-0.39, 0.29) is 33.8 Å². The first-order chi connectivity index (χ1) is 18.8. The van der Waals surface area contributed by atoms with Crippen molar-refractivity contribution in [3.05, 3.63) is 125 Å². The van der Waals surface area contributed by atoms with Gasteiger partial charge in [0.05, 0.1) is 26.7 Å². The van der Waals surface area contributed by atoms with Gasteiger partial charge in [-0.05, 0) is 42.3 Å². The van der Waals surface area contributed by atoms with Crippen molar-refractivity contribution < 1.29 is 31.5 Å². The predicted molar refractivity (Wildman–Crippen MR) is 135 cm³/mol. The molecule has 0 amide bonds. The Bertz CT molecular complexity index is 1650. The van der Waals surface area contributed by atoms with Crippen molar-refractivity contribution in [2.24, 2.45) is 0 Å². The third-order valence-electron chi connectivity index (χ3n) is 5.76. The maximum absolute atomic E-state index is 14.5. The van der Waals surface area contributed by atoms with Crippen LogP contribution in [0.2, 0.25) is 0 Å². The molecule has 1 heterocycles. The monoisotopic (exact) mass is 552 g/mol. The summed E-state index contributed by atoms with van der Waals surface area (Å²) in [6.07, 6.45) is 0. The van der Waals surface area contributed by atoms with Gasteiger partial charge in [0.15, 0.2) is 23.3 Å². The Morgan fingerprint density at radius 3 is 1.79 bits per heavy atom. The van der Waals surface area contributed by atoms with Crippen LogP contribution in [-0.2, 0) is 0 Å². The van der Waals surface area contributed by atoms with Crippen LogP contribution in [0, 0.1) is 36.0 Å². The molecule has 0 aliphatic heterocycles. The fourth-order valence-electron chi connectivity index (χ4n) is 3.80. The highest BCUT2D eigenvalue weighted by atomic mass is 32.2. The molecule has 0 atom stereocenters. The molecule has 4 nitrogen and oxygen atoms in total. The number of esters is 1. The second-order valence-corrected chi connectivity index (χ2v) is 9.32. The number of carbonyl (C=O) groups excluding carboxylic acids is 1. The zero-order valence-electron chi connectivity index (χ0n) is 20.1. The molecule has 0 unspecified atom stereocenters. The number of para-hydroxylation sites is 1. The van der Waals surface area contributed by atoms with Gasteiger partial charge in [0.2, 0.25) is 11.7 Å². The highest BCUT2D eigenvalue weighted by Gasteiger charge is 2.30. The Kier molecular flexibility index (Phi) is 7.21. The van der Waals surface area contributed by atoms with Crippen molar-refractivity contribution >= 4 is 17.7 Å². The fourth-order valence-corrected chi connectivity index (χ4v) is 4.76. The molecule has 1 aromatic heterocycles. The molecule has 0 aliphatic rings. The van der Waals surface area contributed by atoms with Gasteiger partial charge in [0.1, 0.15) is 0 Å². The van der Waals surface area contributed by atoms with E-state index >= 15 is 0 Å². The Morgan fingerprint density at radius 2 is 1.21 bits per heavy atom. The number of aryl methyl sites for hydroxylation is 1. The molecular formula is C29H17F5N2O2S. The Hall–Kier alpha value is -4.44. The lowest BCUT2D eigenvalue weighted by atomic mass is 10.0. The molecule has 0 spiro atoms. The van der Waals surface area contributed by atoms with Crippen LogP contribution in [0.3, 0.4) is 0 Å². The molecule has 196 valence electrons. The van der Waals surface area contributed by atoms with Gasteiger partial charge >= 0.3 is 5.97 Å². The lowest BCUT2D eigenvalue weighted by Crippen LogP contribution is -2.12. The zero-order valence-corrected chi connectivity index (χ0v) is 20.9. The summed E-state index contributed by atoms with van der Waals surface area (Å²) in [5, 5.41) is 4.31. The number of rotatable bonds is 6. The summed E-state index contributed by atoms with van der Waals surface area (Å²) in [6, 6.07) is 24.5. The fraction of sp³-hybridized carbons (Fsp3) is 0.0345. The molecule has 0 bridgehead atoms. The van der Waals surface area contributed by atoms with Crippen molar-refractivity contribution in [2.75, 3.05) is 0 Å². The van der Waals surface area contributed by atoms with Crippen molar-refractivity contribution in [3.63, 3.8) is 0 Å². The number of halogens is 5. The molecule has 0 fully saturated rings. The van der Waals surface area contributed by atoms with Gasteiger partial charge in [-0.2, -0.15) is 9.78 Å². The third-order valence-corrected chi connectivity index (χ3v) is 6.99. The Labute approximate surface area is 223 Å². The quantitative estimate of drug-likeness (QED) is 0.0929. The average molecular weight is 553 g/mol. The Morgan fingerprint density at radius 1 is 0.692 bits per heavy atom. The number of aromatic nitrogens is 2. The van der Waals surface area contributed by atoms with Crippen LogP contribution >= 0.6 is 11.8 Å². The van der Waals surface area contributed by atoms with E-state index in [0.29, 0.717) is 5.69 Å². The molecular weight excluding hydrogens is 535 g/mol. The van der Waals surface area contributed by atoms with E-state index in [4.69, 9.17) is 4.74 Å². The highest BCUT2D eigenvalue weighted by molar-refractivity contribution is 7.99. The van der Waals surface area contributed by atoms with E-state index in [9.17, 15) is 26.7 Å². The first-order valence-corrected chi connectivity index (χ1v) is 12.3. The summed E-state index contributed by atoms with van der Waals surface area (Å²) in [6.45, 7) is 1.46. The van der Waals surface area contributed by atoms with Gasteiger partial charge in [-0.25, -0.2) is 26.7 Å². The molecule has 10 heteroatoms. The topological polar surface area (TPSA) is 44.1 Å². The van der Waals surface area contributed by atoms with Crippen LogP contribution in [0.5, 0.6) is 5.88 Å². The van der Waals surface area contributed by atoms with Crippen LogP contribution < -0.4 is 4.74 Å². The largest absolute Gasteiger partial charge is 0.402 e. The molecule has 0 saturated carbocycles. The van der Waals surface area contributed by atoms with Gasteiger partial charge in [0.25, 0.3) is 0 Å². The van der Waals surface area contributed by atoms with Gasteiger partial charge in [-0.1, -0.05) is 72.4 Å². The highest BCUT2D eigenvalue weighted by Crippen LogP contribution is 2.42.